The second-order valence-corrected chi connectivity index (χ2v) is 6.70. The highest BCUT2D eigenvalue weighted by Gasteiger charge is 2.40. The Morgan fingerprint density at radius 1 is 1.44 bits per heavy atom. The van der Waals surface area contributed by atoms with Crippen LogP contribution in [-0.4, -0.2) is 39.5 Å². The largest absolute Gasteiger partial charge is 0.480 e. The van der Waals surface area contributed by atoms with E-state index in [1.54, 1.807) is 6.92 Å². The van der Waals surface area contributed by atoms with E-state index >= 15 is 0 Å². The van der Waals surface area contributed by atoms with Gasteiger partial charge in [-0.3, -0.25) is 4.79 Å². The number of pyridine rings is 1. The SMILES string of the molecule is CC1CCN(C(Cc2cc3ccnc(N)c3cc2C(F)(F)F)C(=O)O)C1=O. The Morgan fingerprint density at radius 3 is 2.70 bits per heavy atom. The van der Waals surface area contributed by atoms with Crippen LogP contribution in [0.4, 0.5) is 19.0 Å². The third-order valence-corrected chi connectivity index (χ3v) is 4.91. The molecule has 1 aliphatic rings. The van der Waals surface area contributed by atoms with E-state index in [4.69, 9.17) is 5.73 Å². The number of amides is 1. The molecule has 6 nitrogen and oxygen atoms in total. The van der Waals surface area contributed by atoms with Gasteiger partial charge in [0.1, 0.15) is 11.9 Å². The molecule has 9 heteroatoms. The summed E-state index contributed by atoms with van der Waals surface area (Å²) in [7, 11) is 0. The smallest absolute Gasteiger partial charge is 0.416 e. The predicted molar refractivity (Wildman–Crippen MR) is 91.8 cm³/mol. The summed E-state index contributed by atoms with van der Waals surface area (Å²) in [5.41, 5.74) is 4.51. The van der Waals surface area contributed by atoms with E-state index in [1.165, 1.54) is 18.3 Å². The van der Waals surface area contributed by atoms with E-state index in [-0.39, 0.29) is 35.1 Å². The molecule has 3 rings (SSSR count). The summed E-state index contributed by atoms with van der Waals surface area (Å²) in [5, 5.41) is 10.1. The van der Waals surface area contributed by atoms with Crippen LogP contribution in [0, 0.1) is 5.92 Å². The Labute approximate surface area is 152 Å². The number of hydrogen-bond donors (Lipinski definition) is 2. The number of hydrogen-bond acceptors (Lipinski definition) is 4. The van der Waals surface area contributed by atoms with Crippen LogP contribution in [0.3, 0.4) is 0 Å². The Morgan fingerprint density at radius 2 is 2.15 bits per heavy atom. The van der Waals surface area contributed by atoms with Gasteiger partial charge in [-0.05, 0) is 29.5 Å². The first kappa shape index (κ1) is 18.9. The van der Waals surface area contributed by atoms with Crippen LogP contribution in [0.1, 0.15) is 24.5 Å². The van der Waals surface area contributed by atoms with Gasteiger partial charge in [-0.15, -0.1) is 0 Å². The highest BCUT2D eigenvalue weighted by molar-refractivity contribution is 5.92. The molecule has 1 saturated heterocycles. The number of rotatable bonds is 4. The molecule has 3 N–H and O–H groups in total. The number of halogens is 3. The second-order valence-electron chi connectivity index (χ2n) is 6.70. The van der Waals surface area contributed by atoms with Crippen LogP contribution in [-0.2, 0) is 22.2 Å². The Hall–Kier alpha value is -2.84. The van der Waals surface area contributed by atoms with Gasteiger partial charge in [0, 0.05) is 30.5 Å². The Balaban J connectivity index is 2.08. The summed E-state index contributed by atoms with van der Waals surface area (Å²) < 4.78 is 40.8. The molecule has 0 radical (unpaired) electrons. The molecule has 1 amide bonds. The van der Waals surface area contributed by atoms with Gasteiger partial charge >= 0.3 is 12.1 Å². The number of alkyl halides is 3. The van der Waals surface area contributed by atoms with E-state index in [2.05, 4.69) is 4.98 Å². The fraction of sp³-hybridized carbons (Fsp3) is 0.389. The summed E-state index contributed by atoms with van der Waals surface area (Å²) in [6.45, 7) is 1.89. The lowest BCUT2D eigenvalue weighted by molar-refractivity contribution is -0.149. The molecule has 0 saturated carbocycles. The molecular weight excluding hydrogens is 363 g/mol. The number of aliphatic carboxylic acids is 1. The zero-order valence-corrected chi connectivity index (χ0v) is 14.5. The maximum Gasteiger partial charge on any atom is 0.416 e. The summed E-state index contributed by atoms with van der Waals surface area (Å²) in [5.74, 6) is -2.07. The van der Waals surface area contributed by atoms with Crippen LogP contribution >= 0.6 is 0 Å². The predicted octanol–water partition coefficient (Wildman–Crippen LogP) is 2.70. The van der Waals surface area contributed by atoms with E-state index in [9.17, 15) is 27.9 Å². The number of nitrogens with two attached hydrogens (primary N) is 1. The second kappa shape index (κ2) is 6.71. The highest BCUT2D eigenvalue weighted by Crippen LogP contribution is 2.37. The molecule has 2 aromatic rings. The molecule has 1 aliphatic heterocycles. The lowest BCUT2D eigenvalue weighted by Crippen LogP contribution is -2.44. The molecule has 2 heterocycles. The normalized spacial score (nSPS) is 18.9. The van der Waals surface area contributed by atoms with Crippen molar-refractivity contribution in [1.29, 1.82) is 0 Å². The lowest BCUT2D eigenvalue weighted by atomic mass is 9.95. The average Bonchev–Trinajstić information content (AvgIpc) is 2.90. The molecule has 0 spiro atoms. The first-order valence-electron chi connectivity index (χ1n) is 8.37. The minimum atomic E-state index is -4.70. The van der Waals surface area contributed by atoms with E-state index in [0.29, 0.717) is 11.8 Å². The number of likely N-dealkylation sites (tertiary alicyclic amines) is 1. The molecule has 1 aromatic carbocycles. The third kappa shape index (κ3) is 3.54. The summed E-state index contributed by atoms with van der Waals surface area (Å²) in [4.78, 5) is 28.9. The first-order valence-corrected chi connectivity index (χ1v) is 8.37. The van der Waals surface area contributed by atoms with Crippen molar-refractivity contribution >= 4 is 28.5 Å². The van der Waals surface area contributed by atoms with Crippen LogP contribution in [0.25, 0.3) is 10.8 Å². The van der Waals surface area contributed by atoms with Gasteiger partial charge in [-0.25, -0.2) is 9.78 Å². The molecule has 27 heavy (non-hydrogen) atoms. The maximum absolute atomic E-state index is 13.6. The number of aromatic nitrogens is 1. The Kier molecular flexibility index (Phi) is 4.71. The summed E-state index contributed by atoms with van der Waals surface area (Å²) in [6.07, 6.45) is -3.29. The zero-order valence-electron chi connectivity index (χ0n) is 14.5. The standard InChI is InChI=1S/C18H18F3N3O3/c1-9-3-5-24(16(9)25)14(17(26)27)7-11-6-10-2-4-23-15(22)12(10)8-13(11)18(19,20)21/h2,4,6,8-9,14H,3,5,7H2,1H3,(H2,22,23)(H,26,27). The van der Waals surface area contributed by atoms with Crippen LogP contribution in [0.2, 0.25) is 0 Å². The molecule has 1 fully saturated rings. The van der Waals surface area contributed by atoms with Crippen molar-refractivity contribution in [2.45, 2.75) is 32.0 Å². The number of carboxylic acid groups (broad SMARTS) is 1. The van der Waals surface area contributed by atoms with Gasteiger partial charge in [0.15, 0.2) is 0 Å². The van der Waals surface area contributed by atoms with Gasteiger partial charge in [-0.2, -0.15) is 13.2 Å². The van der Waals surface area contributed by atoms with Crippen molar-refractivity contribution in [2.75, 3.05) is 12.3 Å². The summed E-state index contributed by atoms with van der Waals surface area (Å²) in [6, 6.07) is 2.31. The number of carboxylic acids is 1. The first-order chi connectivity index (χ1) is 12.6. The van der Waals surface area contributed by atoms with E-state index in [0.717, 1.165) is 11.0 Å². The third-order valence-electron chi connectivity index (χ3n) is 4.91. The van der Waals surface area contributed by atoms with Gasteiger partial charge in [-0.1, -0.05) is 13.0 Å². The highest BCUT2D eigenvalue weighted by atomic mass is 19.4. The van der Waals surface area contributed by atoms with Crippen LogP contribution in [0.15, 0.2) is 24.4 Å². The molecule has 144 valence electrons. The minimum absolute atomic E-state index is 0.0390. The fourth-order valence-corrected chi connectivity index (χ4v) is 3.42. The van der Waals surface area contributed by atoms with Crippen LogP contribution in [0.5, 0.6) is 0 Å². The van der Waals surface area contributed by atoms with Gasteiger partial charge in [0.25, 0.3) is 0 Å². The number of carbonyl (C=O) groups excluding carboxylic acids is 1. The van der Waals surface area contributed by atoms with Crippen molar-refractivity contribution in [1.82, 2.24) is 9.88 Å². The number of fused-ring (bicyclic) bond motifs is 1. The number of benzene rings is 1. The number of nitrogen functional groups attached to an aromatic ring is 1. The molecule has 0 bridgehead atoms. The lowest BCUT2D eigenvalue weighted by Gasteiger charge is -2.26. The van der Waals surface area contributed by atoms with Crippen molar-refractivity contribution in [2.24, 2.45) is 5.92 Å². The summed E-state index contributed by atoms with van der Waals surface area (Å²) >= 11 is 0. The van der Waals surface area contributed by atoms with Crippen LogP contribution < -0.4 is 5.73 Å². The van der Waals surface area contributed by atoms with Crippen molar-refractivity contribution < 1.29 is 27.9 Å². The fourth-order valence-electron chi connectivity index (χ4n) is 3.42. The van der Waals surface area contributed by atoms with Gasteiger partial charge in [0.2, 0.25) is 5.91 Å². The maximum atomic E-state index is 13.6. The van der Waals surface area contributed by atoms with E-state index in [1.807, 2.05) is 0 Å². The monoisotopic (exact) mass is 381 g/mol. The van der Waals surface area contributed by atoms with Crippen molar-refractivity contribution in [3.05, 3.63) is 35.5 Å². The molecule has 2 atom stereocenters. The minimum Gasteiger partial charge on any atom is -0.480 e. The van der Waals surface area contributed by atoms with E-state index < -0.39 is 30.2 Å². The number of carbonyl (C=O) groups is 2. The molecule has 0 aliphatic carbocycles. The van der Waals surface area contributed by atoms with Crippen molar-refractivity contribution in [3.8, 4) is 0 Å². The average molecular weight is 381 g/mol. The number of nitrogens with zero attached hydrogens (tertiary/aromatic N) is 2. The molecular formula is C18H18F3N3O3. The Bertz CT molecular complexity index is 914. The molecule has 2 unspecified atom stereocenters. The van der Waals surface area contributed by atoms with Gasteiger partial charge < -0.3 is 15.7 Å². The topological polar surface area (TPSA) is 96.5 Å². The quantitative estimate of drug-likeness (QED) is 0.849. The van der Waals surface area contributed by atoms with Gasteiger partial charge in [0.05, 0.1) is 5.56 Å². The zero-order chi connectivity index (χ0) is 19.9. The number of anilines is 1. The van der Waals surface area contributed by atoms with Crippen molar-refractivity contribution in [3.63, 3.8) is 0 Å². The molecule has 1 aromatic heterocycles.